The Labute approximate surface area is 192 Å². The van der Waals surface area contributed by atoms with Crippen molar-refractivity contribution in [3.05, 3.63) is 77.1 Å². The molecule has 0 aliphatic rings. The zero-order chi connectivity index (χ0) is 23.8. The smallest absolute Gasteiger partial charge is 0.242 e. The number of benzene rings is 2. The third-order valence-electron chi connectivity index (χ3n) is 5.54. The van der Waals surface area contributed by atoms with Crippen LogP contribution in [-0.4, -0.2) is 58.9 Å². The second-order valence-corrected chi connectivity index (χ2v) is 10.1. The van der Waals surface area contributed by atoms with Crippen LogP contribution in [0, 0.1) is 13.8 Å². The molecule has 0 radical (unpaired) electrons. The van der Waals surface area contributed by atoms with E-state index in [1.54, 1.807) is 6.07 Å². The number of aromatic nitrogens is 4. The lowest BCUT2D eigenvalue weighted by atomic mass is 10.1. The molecule has 0 unspecified atom stereocenters. The second kappa shape index (κ2) is 8.80. The Hall–Kier alpha value is -3.50. The van der Waals surface area contributed by atoms with Gasteiger partial charge < -0.3 is 9.40 Å². The van der Waals surface area contributed by atoms with E-state index in [1.165, 1.54) is 26.2 Å². The molecule has 2 heterocycles. The molecule has 0 amide bonds. The highest BCUT2D eigenvalue weighted by molar-refractivity contribution is 7.89. The van der Waals surface area contributed by atoms with Gasteiger partial charge in [-0.05, 0) is 48.9 Å². The number of nitrogens with zero attached hydrogens (tertiary/aromatic N) is 5. The molecule has 2 aromatic carbocycles. The Morgan fingerprint density at radius 2 is 1.79 bits per heavy atom. The number of carbonyl (C=O) groups excluding carboxylic acids is 1. The normalized spacial score (nSPS) is 11.9. The molecule has 33 heavy (non-hydrogen) atoms. The van der Waals surface area contributed by atoms with Gasteiger partial charge in [0.15, 0.2) is 6.61 Å². The molecule has 172 valence electrons. The van der Waals surface area contributed by atoms with E-state index >= 15 is 0 Å². The van der Waals surface area contributed by atoms with Crippen LogP contribution in [0.15, 0.2) is 59.5 Å². The number of sulfonamides is 1. The molecule has 0 atom stereocenters. The van der Waals surface area contributed by atoms with E-state index < -0.39 is 10.0 Å². The van der Waals surface area contributed by atoms with Crippen LogP contribution in [0.1, 0.15) is 27.3 Å². The summed E-state index contributed by atoms with van der Waals surface area (Å²) in [4.78, 5) is 19.7. The number of fused-ring (bicyclic) bond motifs is 1. The van der Waals surface area contributed by atoms with Gasteiger partial charge in [0.1, 0.15) is 11.0 Å². The number of hydrogen-bond acceptors (Lipinski definition) is 6. The van der Waals surface area contributed by atoms with Gasteiger partial charge in [-0.15, -0.1) is 5.10 Å². The summed E-state index contributed by atoms with van der Waals surface area (Å²) in [5, 5.41) is 7.89. The molecule has 0 N–H and O–H groups in total. The first kappa shape index (κ1) is 22.7. The highest BCUT2D eigenvalue weighted by Gasteiger charge is 2.20. The molecule has 0 aliphatic carbocycles. The number of rotatable bonds is 8. The molecule has 0 spiro atoms. The quantitative estimate of drug-likeness (QED) is 0.369. The highest BCUT2D eigenvalue weighted by Crippen LogP contribution is 2.20. The molecule has 4 rings (SSSR count). The fraction of sp³-hybridized carbons (Fsp3) is 0.261. The predicted molar refractivity (Wildman–Crippen MR) is 124 cm³/mol. The first-order chi connectivity index (χ1) is 15.7. The summed E-state index contributed by atoms with van der Waals surface area (Å²) in [6, 6.07) is 16.3. The fourth-order valence-corrected chi connectivity index (χ4v) is 4.56. The number of Topliss-reactive ketones (excluding diaryl/α,β-unsaturated/α-hetero) is 1. The summed E-state index contributed by atoms with van der Waals surface area (Å²) in [7, 11) is -0.718. The minimum Gasteiger partial charge on any atom is -0.387 e. The second-order valence-electron chi connectivity index (χ2n) is 7.95. The highest BCUT2D eigenvalue weighted by atomic mass is 32.2. The van der Waals surface area contributed by atoms with Gasteiger partial charge in [-0.3, -0.25) is 4.79 Å². The Morgan fingerprint density at radius 1 is 1.06 bits per heavy atom. The summed E-state index contributed by atoms with van der Waals surface area (Å²) < 4.78 is 28.1. The Balaban J connectivity index is 1.54. The summed E-state index contributed by atoms with van der Waals surface area (Å²) in [5.74, 6) is -0.205. The van der Waals surface area contributed by atoms with Crippen LogP contribution in [0.5, 0.6) is 0 Å². The van der Waals surface area contributed by atoms with Gasteiger partial charge >= 0.3 is 0 Å². The molecule has 4 aromatic rings. The maximum atomic E-state index is 12.9. The lowest BCUT2D eigenvalue weighted by molar-refractivity contribution is 0.0629. The molecule has 0 aliphatic heterocycles. The average molecular weight is 468 g/mol. The Kier molecular flexibility index (Phi) is 6.05. The van der Waals surface area contributed by atoms with Crippen LogP contribution < -0.4 is 4.84 Å². The van der Waals surface area contributed by atoms with Crippen LogP contribution in [0.25, 0.3) is 11.0 Å². The first-order valence-corrected chi connectivity index (χ1v) is 11.8. The van der Waals surface area contributed by atoms with Crippen LogP contribution >= 0.6 is 0 Å². The summed E-state index contributed by atoms with van der Waals surface area (Å²) >= 11 is 0. The molecule has 9 nitrogen and oxygen atoms in total. The lowest BCUT2D eigenvalue weighted by Gasteiger charge is -2.11. The SMILES string of the molecule is Cc1cc(C(=O)COn2nnc3ccc(S(=O)(=O)N(C)C)cc32)c(C)n1Cc1ccccc1. The van der Waals surface area contributed by atoms with Gasteiger partial charge in [-0.1, -0.05) is 35.2 Å². The number of hydrogen-bond donors (Lipinski definition) is 0. The van der Waals surface area contributed by atoms with Crippen LogP contribution in [-0.2, 0) is 16.6 Å². The number of carbonyl (C=O) groups is 1. The Bertz CT molecular complexity index is 1420. The van der Waals surface area contributed by atoms with Crippen molar-refractivity contribution in [3.8, 4) is 0 Å². The molecule has 2 aromatic heterocycles. The van der Waals surface area contributed by atoms with Crippen LogP contribution in [0.3, 0.4) is 0 Å². The van der Waals surface area contributed by atoms with Crippen molar-refractivity contribution in [2.75, 3.05) is 20.7 Å². The van der Waals surface area contributed by atoms with Gasteiger partial charge in [-0.2, -0.15) is 0 Å². The zero-order valence-corrected chi connectivity index (χ0v) is 19.7. The third-order valence-corrected chi connectivity index (χ3v) is 7.35. The van der Waals surface area contributed by atoms with E-state index in [1.807, 2.05) is 50.2 Å². The van der Waals surface area contributed by atoms with Crippen molar-refractivity contribution in [1.29, 1.82) is 0 Å². The minimum absolute atomic E-state index is 0.0861. The van der Waals surface area contributed by atoms with Crippen molar-refractivity contribution < 1.29 is 18.0 Å². The fourth-order valence-electron chi connectivity index (χ4n) is 3.63. The van der Waals surface area contributed by atoms with Crippen molar-refractivity contribution in [2.45, 2.75) is 25.3 Å². The van der Waals surface area contributed by atoms with Gasteiger partial charge in [0.05, 0.1) is 4.90 Å². The standard InChI is InChI=1S/C23H25N5O4S/c1-16-12-20(17(2)27(16)14-18-8-6-5-7-9-18)23(29)15-32-28-22-13-19(33(30,31)26(3)4)10-11-21(22)24-25-28/h5-13H,14-15H2,1-4H3. The Morgan fingerprint density at radius 3 is 2.48 bits per heavy atom. The van der Waals surface area contributed by atoms with Crippen LogP contribution in [0.2, 0.25) is 0 Å². The van der Waals surface area contributed by atoms with E-state index in [0.29, 0.717) is 23.1 Å². The van der Waals surface area contributed by atoms with E-state index in [4.69, 9.17) is 4.84 Å². The zero-order valence-electron chi connectivity index (χ0n) is 18.9. The number of ketones is 1. The molecular weight excluding hydrogens is 442 g/mol. The van der Waals surface area contributed by atoms with Gasteiger partial charge in [0, 0.05) is 37.6 Å². The first-order valence-electron chi connectivity index (χ1n) is 10.3. The maximum absolute atomic E-state index is 12.9. The third kappa shape index (κ3) is 4.39. The van der Waals surface area contributed by atoms with E-state index in [2.05, 4.69) is 14.9 Å². The molecular formula is C23H25N5O4S. The van der Waals surface area contributed by atoms with Crippen molar-refractivity contribution in [1.82, 2.24) is 24.0 Å². The topological polar surface area (TPSA) is 99.3 Å². The predicted octanol–water partition coefficient (Wildman–Crippen LogP) is 2.46. The largest absolute Gasteiger partial charge is 0.387 e. The molecule has 0 bridgehead atoms. The van der Waals surface area contributed by atoms with Crippen molar-refractivity contribution in [2.24, 2.45) is 0 Å². The van der Waals surface area contributed by atoms with Crippen LogP contribution in [0.4, 0.5) is 0 Å². The monoisotopic (exact) mass is 467 g/mol. The van der Waals surface area contributed by atoms with Gasteiger partial charge in [-0.25, -0.2) is 12.7 Å². The minimum atomic E-state index is -3.63. The van der Waals surface area contributed by atoms with E-state index in [0.717, 1.165) is 26.1 Å². The maximum Gasteiger partial charge on any atom is 0.242 e. The lowest BCUT2D eigenvalue weighted by Crippen LogP contribution is -2.23. The summed E-state index contributed by atoms with van der Waals surface area (Å²) in [6.45, 7) is 4.28. The molecule has 0 saturated carbocycles. The average Bonchev–Trinajstić information content (AvgIpc) is 3.33. The van der Waals surface area contributed by atoms with Gasteiger partial charge in [0.25, 0.3) is 0 Å². The van der Waals surface area contributed by atoms with E-state index in [9.17, 15) is 13.2 Å². The van der Waals surface area contributed by atoms with E-state index in [-0.39, 0.29) is 17.3 Å². The molecule has 0 saturated heterocycles. The van der Waals surface area contributed by atoms with Gasteiger partial charge in [0.2, 0.25) is 15.8 Å². The van der Waals surface area contributed by atoms with Crippen molar-refractivity contribution >= 4 is 26.8 Å². The summed E-state index contributed by atoms with van der Waals surface area (Å²) in [5.41, 5.74) is 4.37. The summed E-state index contributed by atoms with van der Waals surface area (Å²) in [6.07, 6.45) is 0. The molecule has 0 fully saturated rings. The number of aryl methyl sites for hydroxylation is 1. The van der Waals surface area contributed by atoms with Crippen molar-refractivity contribution in [3.63, 3.8) is 0 Å². The molecule has 10 heteroatoms.